The Balaban J connectivity index is 3.62. The van der Waals surface area contributed by atoms with E-state index in [4.69, 9.17) is 0 Å². The van der Waals surface area contributed by atoms with Gasteiger partial charge in [-0.25, -0.2) is 13.6 Å². The molecule has 0 fully saturated rings. The number of alkyl halides is 2. The topological polar surface area (TPSA) is 61.4 Å². The van der Waals surface area contributed by atoms with Crippen LogP contribution in [0, 0.1) is 11.6 Å². The molecule has 0 radical (unpaired) electrons. The molecule has 148 valence electrons. The van der Waals surface area contributed by atoms with Gasteiger partial charge in [0.05, 0.1) is 11.1 Å². The van der Waals surface area contributed by atoms with Crippen molar-refractivity contribution in [2.75, 3.05) is 6.61 Å². The summed E-state index contributed by atoms with van der Waals surface area (Å²) >= 11 is 0.699. The molecule has 2 atom stereocenters. The van der Waals surface area contributed by atoms with E-state index in [0.717, 1.165) is 13.0 Å². The molecule has 26 heavy (non-hydrogen) atoms. The monoisotopic (exact) mass is 461 g/mol. The molecule has 4 nitrogen and oxygen atoms in total. The minimum Gasteiger partial charge on any atom is -0.598 e. The van der Waals surface area contributed by atoms with Gasteiger partial charge in [0.15, 0.2) is 5.54 Å². The molecule has 0 spiro atoms. The van der Waals surface area contributed by atoms with Gasteiger partial charge in [-0.05, 0) is 56.6 Å². The zero-order chi connectivity index (χ0) is 20.5. The second-order valence-electron chi connectivity index (χ2n) is 6.65. The highest BCUT2D eigenvalue weighted by Gasteiger charge is 2.62. The lowest BCUT2D eigenvalue weighted by atomic mass is 9.86. The van der Waals surface area contributed by atoms with Gasteiger partial charge >= 0.3 is 11.9 Å². The first kappa shape index (κ1) is 23.2. The summed E-state index contributed by atoms with van der Waals surface area (Å²) in [4.78, 5) is 11.9. The third-order valence-corrected chi connectivity index (χ3v) is 5.88. The zero-order valence-corrected chi connectivity index (χ0v) is 17.3. The standard InChI is InChI=1S/C16H20BrF4NO3S/c1-6-25-13(23)16(20,21)15(5,22-26(24)14(2,3)4)9-7-10(17)12(19)8-11(9)18/h7-8,22H,6H2,1-5H3/t15?,26-/m1/s1. The Bertz CT molecular complexity index is 684. The summed E-state index contributed by atoms with van der Waals surface area (Å²) < 4.78 is 75.5. The fourth-order valence-electron chi connectivity index (χ4n) is 1.96. The van der Waals surface area contributed by atoms with Gasteiger partial charge in [0.25, 0.3) is 0 Å². The van der Waals surface area contributed by atoms with Crippen LogP contribution in [0.3, 0.4) is 0 Å². The molecule has 0 aromatic heterocycles. The van der Waals surface area contributed by atoms with E-state index in [1.165, 1.54) is 27.7 Å². The normalized spacial score (nSPS) is 16.1. The van der Waals surface area contributed by atoms with Crippen LogP contribution in [0.2, 0.25) is 0 Å². The quantitative estimate of drug-likeness (QED) is 0.298. The number of rotatable bonds is 6. The maximum absolute atomic E-state index is 15.0. The summed E-state index contributed by atoms with van der Waals surface area (Å²) in [6.07, 6.45) is 0. The van der Waals surface area contributed by atoms with E-state index < -0.39 is 50.7 Å². The molecule has 1 rings (SSSR count). The van der Waals surface area contributed by atoms with E-state index in [2.05, 4.69) is 25.4 Å². The number of benzene rings is 1. The lowest BCUT2D eigenvalue weighted by Gasteiger charge is -2.38. The fraction of sp³-hybridized carbons (Fsp3) is 0.562. The lowest BCUT2D eigenvalue weighted by molar-refractivity contribution is -0.183. The largest absolute Gasteiger partial charge is 0.598 e. The van der Waals surface area contributed by atoms with Crippen LogP contribution >= 0.6 is 15.9 Å². The van der Waals surface area contributed by atoms with Crippen molar-refractivity contribution in [3.8, 4) is 0 Å². The minimum atomic E-state index is -4.30. The molecule has 1 unspecified atom stereocenters. The zero-order valence-electron chi connectivity index (χ0n) is 14.9. The predicted molar refractivity (Wildman–Crippen MR) is 94.0 cm³/mol. The first-order valence-electron chi connectivity index (χ1n) is 7.58. The molecule has 0 heterocycles. The van der Waals surface area contributed by atoms with E-state index in [9.17, 15) is 26.9 Å². The van der Waals surface area contributed by atoms with Crippen LogP contribution in [0.4, 0.5) is 17.6 Å². The van der Waals surface area contributed by atoms with Gasteiger partial charge in [-0.2, -0.15) is 8.78 Å². The highest BCUT2D eigenvalue weighted by molar-refractivity contribution is 9.10. The Morgan fingerprint density at radius 1 is 1.23 bits per heavy atom. The summed E-state index contributed by atoms with van der Waals surface area (Å²) in [6.45, 7) is 6.35. The number of hydrogen-bond donors (Lipinski definition) is 1. The molecule has 1 aromatic rings. The average molecular weight is 462 g/mol. The van der Waals surface area contributed by atoms with Crippen molar-refractivity contribution in [2.45, 2.75) is 50.8 Å². The Labute approximate surface area is 161 Å². The Hall–Kier alpha value is -0.840. The summed E-state index contributed by atoms with van der Waals surface area (Å²) in [7, 11) is 0. The molecule has 0 amide bonds. The van der Waals surface area contributed by atoms with Crippen molar-refractivity contribution in [1.82, 2.24) is 4.72 Å². The van der Waals surface area contributed by atoms with Crippen molar-refractivity contribution in [2.24, 2.45) is 0 Å². The van der Waals surface area contributed by atoms with Crippen LogP contribution in [-0.2, 0) is 26.4 Å². The summed E-state index contributed by atoms with van der Waals surface area (Å²) in [5, 5.41) is 0. The predicted octanol–water partition coefficient (Wildman–Crippen LogP) is 4.19. The van der Waals surface area contributed by atoms with E-state index >= 15 is 0 Å². The molecule has 1 N–H and O–H groups in total. The number of esters is 1. The Kier molecular flexibility index (Phi) is 7.17. The van der Waals surface area contributed by atoms with Crippen LogP contribution < -0.4 is 4.72 Å². The molecule has 0 bridgehead atoms. The fourth-order valence-corrected chi connectivity index (χ4v) is 3.22. The number of nitrogens with one attached hydrogen (secondary N) is 1. The number of hydrogen-bond acceptors (Lipinski definition) is 4. The molecule has 0 saturated heterocycles. The average Bonchev–Trinajstić information content (AvgIpc) is 2.49. The molecule has 0 aliphatic carbocycles. The van der Waals surface area contributed by atoms with E-state index in [-0.39, 0.29) is 11.1 Å². The number of ether oxygens (including phenoxy) is 1. The van der Waals surface area contributed by atoms with E-state index in [0.29, 0.717) is 6.07 Å². The van der Waals surface area contributed by atoms with Crippen LogP contribution in [0.15, 0.2) is 16.6 Å². The molecule has 0 saturated carbocycles. The molecular formula is C16H20BrF4NO3S. The lowest BCUT2D eigenvalue weighted by Crippen LogP contribution is -2.62. The highest BCUT2D eigenvalue weighted by Crippen LogP contribution is 2.42. The number of carbonyl (C=O) groups excluding carboxylic acids is 1. The smallest absolute Gasteiger partial charge is 0.379 e. The van der Waals surface area contributed by atoms with Gasteiger partial charge < -0.3 is 9.29 Å². The first-order valence-corrected chi connectivity index (χ1v) is 9.52. The van der Waals surface area contributed by atoms with Gasteiger partial charge in [0.2, 0.25) is 0 Å². The van der Waals surface area contributed by atoms with Crippen molar-refractivity contribution < 1.29 is 31.6 Å². The molecule has 10 heteroatoms. The van der Waals surface area contributed by atoms with Gasteiger partial charge in [0, 0.05) is 23.0 Å². The Morgan fingerprint density at radius 3 is 2.23 bits per heavy atom. The second-order valence-corrected chi connectivity index (χ2v) is 9.47. The summed E-state index contributed by atoms with van der Waals surface area (Å²) in [6, 6.07) is 1.19. The third-order valence-electron chi connectivity index (χ3n) is 3.56. The number of carbonyl (C=O) groups is 1. The summed E-state index contributed by atoms with van der Waals surface area (Å²) in [5.41, 5.74) is -3.50. The van der Waals surface area contributed by atoms with Gasteiger partial charge in [0.1, 0.15) is 16.4 Å². The molecule has 0 aliphatic heterocycles. The van der Waals surface area contributed by atoms with Crippen LogP contribution in [-0.4, -0.2) is 27.8 Å². The first-order chi connectivity index (χ1) is 11.7. The number of halogens is 5. The van der Waals surface area contributed by atoms with Crippen molar-refractivity contribution in [1.29, 1.82) is 0 Å². The van der Waals surface area contributed by atoms with E-state index in [1.54, 1.807) is 0 Å². The molecule has 1 aromatic carbocycles. The van der Waals surface area contributed by atoms with Gasteiger partial charge in [-0.15, -0.1) is 4.72 Å². The highest BCUT2D eigenvalue weighted by atomic mass is 79.9. The molecule has 0 aliphatic rings. The van der Waals surface area contributed by atoms with Gasteiger partial charge in [-0.3, -0.25) is 0 Å². The third kappa shape index (κ3) is 4.52. The maximum atomic E-state index is 15.0. The second kappa shape index (κ2) is 8.04. The SMILES string of the molecule is CCOC(=O)C(F)(F)C(C)(N[S@+]([O-])C(C)(C)C)c1cc(Br)c(F)cc1F. The van der Waals surface area contributed by atoms with Gasteiger partial charge in [-0.1, -0.05) is 0 Å². The van der Waals surface area contributed by atoms with E-state index in [1.807, 2.05) is 0 Å². The van der Waals surface area contributed by atoms with Crippen molar-refractivity contribution in [3.05, 3.63) is 33.8 Å². The van der Waals surface area contributed by atoms with Crippen LogP contribution in [0.5, 0.6) is 0 Å². The summed E-state index contributed by atoms with van der Waals surface area (Å²) in [5.74, 6) is -8.55. The maximum Gasteiger partial charge on any atom is 0.379 e. The van der Waals surface area contributed by atoms with Crippen molar-refractivity contribution in [3.63, 3.8) is 0 Å². The molecular weight excluding hydrogens is 442 g/mol. The van der Waals surface area contributed by atoms with Crippen LogP contribution in [0.1, 0.15) is 40.2 Å². The van der Waals surface area contributed by atoms with Crippen LogP contribution in [0.25, 0.3) is 0 Å². The van der Waals surface area contributed by atoms with Crippen molar-refractivity contribution >= 4 is 33.3 Å². The Morgan fingerprint density at radius 2 is 1.77 bits per heavy atom. The minimum absolute atomic E-state index is 0.289.